The fraction of sp³-hybridized carbons (Fsp3) is 0.208. The molecular weight excluding hydrogens is 364 g/mol. The molecule has 4 rings (SSSR count). The van der Waals surface area contributed by atoms with E-state index in [1.165, 1.54) is 5.56 Å². The lowest BCUT2D eigenvalue weighted by Crippen LogP contribution is -2.24. The van der Waals surface area contributed by atoms with Crippen LogP contribution in [0.25, 0.3) is 0 Å². The molecule has 3 aromatic carbocycles. The van der Waals surface area contributed by atoms with E-state index >= 15 is 0 Å². The number of nitrogens with two attached hydrogens (primary N) is 1. The number of aryl methyl sites for hydroxylation is 1. The summed E-state index contributed by atoms with van der Waals surface area (Å²) in [6.07, 6.45) is 0.450. The molecule has 1 aliphatic rings. The third kappa shape index (κ3) is 4.04. The van der Waals surface area contributed by atoms with Crippen LogP contribution in [-0.2, 0) is 4.79 Å². The zero-order chi connectivity index (χ0) is 20.4. The van der Waals surface area contributed by atoms with Crippen molar-refractivity contribution in [2.24, 2.45) is 0 Å². The Labute approximate surface area is 170 Å². The minimum atomic E-state index is 0.0789. The number of benzene rings is 3. The molecule has 0 bridgehead atoms. The molecule has 29 heavy (non-hydrogen) atoms. The maximum absolute atomic E-state index is 12.6. The average Bonchev–Trinajstić information content (AvgIpc) is 3.11. The summed E-state index contributed by atoms with van der Waals surface area (Å²) in [5.41, 5.74) is 9.59. The summed E-state index contributed by atoms with van der Waals surface area (Å²) in [5, 5.41) is 0. The van der Waals surface area contributed by atoms with Gasteiger partial charge in [-0.05, 0) is 55.0 Å². The molecule has 0 aliphatic carbocycles. The molecule has 1 saturated heterocycles. The van der Waals surface area contributed by atoms with Crippen LogP contribution in [0.1, 0.15) is 23.5 Å². The van der Waals surface area contributed by atoms with Gasteiger partial charge in [0.25, 0.3) is 0 Å². The summed E-state index contributed by atoms with van der Waals surface area (Å²) in [5.74, 6) is 2.22. The van der Waals surface area contributed by atoms with E-state index in [4.69, 9.17) is 15.2 Å². The maximum Gasteiger partial charge on any atom is 0.227 e. The Morgan fingerprint density at radius 2 is 1.79 bits per heavy atom. The van der Waals surface area contributed by atoms with Gasteiger partial charge in [0.1, 0.15) is 5.75 Å². The number of amides is 1. The summed E-state index contributed by atoms with van der Waals surface area (Å²) >= 11 is 0. The molecule has 1 fully saturated rings. The Bertz CT molecular complexity index is 1030. The van der Waals surface area contributed by atoms with Crippen LogP contribution in [0, 0.1) is 6.92 Å². The van der Waals surface area contributed by atoms with Crippen LogP contribution >= 0.6 is 0 Å². The van der Waals surface area contributed by atoms with Gasteiger partial charge in [0, 0.05) is 30.3 Å². The first kappa shape index (κ1) is 18.9. The molecule has 5 nitrogen and oxygen atoms in total. The number of rotatable bonds is 5. The fourth-order valence-corrected chi connectivity index (χ4v) is 3.63. The molecule has 2 N–H and O–H groups in total. The largest absolute Gasteiger partial charge is 0.493 e. The van der Waals surface area contributed by atoms with Crippen molar-refractivity contribution in [2.45, 2.75) is 19.3 Å². The van der Waals surface area contributed by atoms with E-state index < -0.39 is 0 Å². The quantitative estimate of drug-likeness (QED) is 0.632. The van der Waals surface area contributed by atoms with E-state index in [2.05, 4.69) is 0 Å². The minimum Gasteiger partial charge on any atom is -0.493 e. The van der Waals surface area contributed by atoms with Crippen LogP contribution in [0.2, 0.25) is 0 Å². The van der Waals surface area contributed by atoms with E-state index in [1.807, 2.05) is 73.7 Å². The standard InChI is InChI=1S/C24H24N2O3/c1-16-6-9-21(10-7-16)29-23-12-17(8-11-22(23)28-2)18-13-24(27)26(15-18)20-5-3-4-19(25)14-20/h3-12,14,18H,13,15,25H2,1-2H3. The smallest absolute Gasteiger partial charge is 0.227 e. The number of nitrogen functional groups attached to an aromatic ring is 1. The summed E-state index contributed by atoms with van der Waals surface area (Å²) in [7, 11) is 1.62. The first-order valence-corrected chi connectivity index (χ1v) is 9.62. The molecule has 148 valence electrons. The molecule has 1 unspecified atom stereocenters. The lowest BCUT2D eigenvalue weighted by Gasteiger charge is -2.18. The number of hydrogen-bond donors (Lipinski definition) is 1. The maximum atomic E-state index is 12.6. The van der Waals surface area contributed by atoms with Crippen LogP contribution in [-0.4, -0.2) is 19.6 Å². The average molecular weight is 388 g/mol. The predicted molar refractivity (Wildman–Crippen MR) is 115 cm³/mol. The van der Waals surface area contributed by atoms with Crippen LogP contribution in [0.3, 0.4) is 0 Å². The zero-order valence-electron chi connectivity index (χ0n) is 16.6. The third-order valence-corrected chi connectivity index (χ3v) is 5.21. The lowest BCUT2D eigenvalue weighted by atomic mass is 9.98. The number of anilines is 2. The summed E-state index contributed by atoms with van der Waals surface area (Å²) < 4.78 is 11.5. The molecule has 0 spiro atoms. The van der Waals surface area contributed by atoms with Gasteiger partial charge < -0.3 is 20.1 Å². The van der Waals surface area contributed by atoms with E-state index in [9.17, 15) is 4.79 Å². The first-order valence-electron chi connectivity index (χ1n) is 9.62. The summed E-state index contributed by atoms with van der Waals surface area (Å²) in [4.78, 5) is 14.4. The molecule has 5 heteroatoms. The molecule has 1 heterocycles. The molecule has 1 aliphatic heterocycles. The Hall–Kier alpha value is -3.47. The topological polar surface area (TPSA) is 64.8 Å². The van der Waals surface area contributed by atoms with Crippen molar-refractivity contribution >= 4 is 17.3 Å². The van der Waals surface area contributed by atoms with Crippen molar-refractivity contribution in [1.29, 1.82) is 0 Å². The van der Waals surface area contributed by atoms with Gasteiger partial charge >= 0.3 is 0 Å². The summed E-state index contributed by atoms with van der Waals surface area (Å²) in [6.45, 7) is 2.65. The zero-order valence-corrected chi connectivity index (χ0v) is 16.6. The highest BCUT2D eigenvalue weighted by Gasteiger charge is 2.32. The molecular formula is C24H24N2O3. The van der Waals surface area contributed by atoms with Crippen molar-refractivity contribution in [1.82, 2.24) is 0 Å². The van der Waals surface area contributed by atoms with Crippen LogP contribution in [0.4, 0.5) is 11.4 Å². The van der Waals surface area contributed by atoms with Crippen molar-refractivity contribution < 1.29 is 14.3 Å². The monoisotopic (exact) mass is 388 g/mol. The van der Waals surface area contributed by atoms with Crippen LogP contribution < -0.4 is 20.1 Å². The molecule has 0 aromatic heterocycles. The molecule has 3 aromatic rings. The second kappa shape index (κ2) is 7.87. The van der Waals surface area contributed by atoms with Gasteiger partial charge in [-0.3, -0.25) is 4.79 Å². The SMILES string of the molecule is COc1ccc(C2CC(=O)N(c3cccc(N)c3)C2)cc1Oc1ccc(C)cc1. The molecule has 1 atom stereocenters. The van der Waals surface area contributed by atoms with Gasteiger partial charge in [0.2, 0.25) is 5.91 Å². The Balaban J connectivity index is 1.58. The van der Waals surface area contributed by atoms with Gasteiger partial charge in [-0.1, -0.05) is 29.8 Å². The van der Waals surface area contributed by atoms with E-state index in [0.29, 0.717) is 30.2 Å². The van der Waals surface area contributed by atoms with E-state index in [0.717, 1.165) is 17.0 Å². The Morgan fingerprint density at radius 1 is 1.00 bits per heavy atom. The van der Waals surface area contributed by atoms with Crippen molar-refractivity contribution in [3.05, 3.63) is 77.9 Å². The minimum absolute atomic E-state index is 0.0789. The molecule has 0 saturated carbocycles. The highest BCUT2D eigenvalue weighted by Crippen LogP contribution is 2.38. The number of hydrogen-bond acceptors (Lipinski definition) is 4. The van der Waals surface area contributed by atoms with E-state index in [-0.39, 0.29) is 11.8 Å². The van der Waals surface area contributed by atoms with Crippen molar-refractivity contribution in [2.75, 3.05) is 24.3 Å². The van der Waals surface area contributed by atoms with Gasteiger partial charge in [-0.25, -0.2) is 0 Å². The highest BCUT2D eigenvalue weighted by atomic mass is 16.5. The predicted octanol–water partition coefficient (Wildman–Crippen LogP) is 4.90. The number of carbonyl (C=O) groups excluding carboxylic acids is 1. The van der Waals surface area contributed by atoms with Crippen LogP contribution in [0.15, 0.2) is 66.7 Å². The van der Waals surface area contributed by atoms with Gasteiger partial charge in [0.05, 0.1) is 7.11 Å². The van der Waals surface area contributed by atoms with Crippen molar-refractivity contribution in [3.63, 3.8) is 0 Å². The van der Waals surface area contributed by atoms with Crippen molar-refractivity contribution in [3.8, 4) is 17.2 Å². The summed E-state index contributed by atoms with van der Waals surface area (Å²) in [6, 6.07) is 21.2. The first-order chi connectivity index (χ1) is 14.0. The number of carbonyl (C=O) groups is 1. The Morgan fingerprint density at radius 3 is 2.52 bits per heavy atom. The molecule has 1 amide bonds. The van der Waals surface area contributed by atoms with Gasteiger partial charge in [0.15, 0.2) is 11.5 Å². The fourth-order valence-electron chi connectivity index (χ4n) is 3.63. The molecule has 0 radical (unpaired) electrons. The van der Waals surface area contributed by atoms with Gasteiger partial charge in [-0.15, -0.1) is 0 Å². The number of methoxy groups -OCH3 is 1. The Kier molecular flexibility index (Phi) is 5.12. The second-order valence-electron chi connectivity index (χ2n) is 7.33. The van der Waals surface area contributed by atoms with E-state index in [1.54, 1.807) is 12.0 Å². The van der Waals surface area contributed by atoms with Gasteiger partial charge in [-0.2, -0.15) is 0 Å². The normalized spacial score (nSPS) is 16.1. The van der Waals surface area contributed by atoms with Crippen LogP contribution in [0.5, 0.6) is 17.2 Å². The highest BCUT2D eigenvalue weighted by molar-refractivity contribution is 5.96. The second-order valence-corrected chi connectivity index (χ2v) is 7.33. The third-order valence-electron chi connectivity index (χ3n) is 5.21. The lowest BCUT2D eigenvalue weighted by molar-refractivity contribution is -0.117. The number of nitrogens with zero attached hydrogens (tertiary/aromatic N) is 1. The number of ether oxygens (including phenoxy) is 2.